The van der Waals surface area contributed by atoms with E-state index in [0.29, 0.717) is 46.2 Å². The van der Waals surface area contributed by atoms with Crippen LogP contribution in [0, 0.1) is 28.9 Å². The second-order valence-corrected chi connectivity index (χ2v) is 18.6. The van der Waals surface area contributed by atoms with Gasteiger partial charge in [0.1, 0.15) is 28.6 Å². The number of hydrogen-bond donors (Lipinski definition) is 5. The summed E-state index contributed by atoms with van der Waals surface area (Å²) in [5.41, 5.74) is -2.08. The lowest BCUT2D eigenvalue weighted by atomic mass is 9.93. The molecule has 3 aliphatic carbocycles. The maximum atomic E-state index is 15.0. The van der Waals surface area contributed by atoms with Gasteiger partial charge in [-0.05, 0) is 94.2 Å². The van der Waals surface area contributed by atoms with Crippen molar-refractivity contribution in [3.8, 4) is 23.0 Å². The second kappa shape index (κ2) is 16.8. The van der Waals surface area contributed by atoms with E-state index in [1.54, 1.807) is 43.1 Å². The first-order valence-electron chi connectivity index (χ1n) is 20.0. The van der Waals surface area contributed by atoms with Gasteiger partial charge in [-0.15, -0.1) is 16.9 Å². The Morgan fingerprint density at radius 3 is 2.49 bits per heavy atom. The third kappa shape index (κ3) is 9.67. The third-order valence-corrected chi connectivity index (χ3v) is 12.6. The van der Waals surface area contributed by atoms with Crippen molar-refractivity contribution in [1.82, 2.24) is 35.6 Å². The summed E-state index contributed by atoms with van der Waals surface area (Å²) in [7, 11) is 1.65. The van der Waals surface area contributed by atoms with E-state index in [2.05, 4.69) is 43.1 Å². The minimum Gasteiger partial charge on any atom is -0.405 e. The van der Waals surface area contributed by atoms with Crippen LogP contribution in [0.4, 0.5) is 38.2 Å². The number of aliphatic hydroxyl groups is 1. The van der Waals surface area contributed by atoms with Crippen molar-refractivity contribution in [2.45, 2.75) is 92.8 Å². The van der Waals surface area contributed by atoms with Gasteiger partial charge in [-0.1, -0.05) is 28.7 Å². The molecule has 1 amide bonds. The van der Waals surface area contributed by atoms with Crippen LogP contribution in [0.2, 0.25) is 5.02 Å². The fourth-order valence-corrected chi connectivity index (χ4v) is 9.00. The molecule has 0 aliphatic heterocycles. The van der Waals surface area contributed by atoms with Gasteiger partial charge < -0.3 is 20.2 Å². The number of rotatable bonds is 15. The summed E-state index contributed by atoms with van der Waals surface area (Å²) < 4.78 is 93.0. The average molecular weight is 912 g/mol. The van der Waals surface area contributed by atoms with Crippen LogP contribution in [-0.4, -0.2) is 70.6 Å². The highest BCUT2D eigenvalue weighted by molar-refractivity contribution is 8.01. The van der Waals surface area contributed by atoms with Gasteiger partial charge in [0.05, 0.1) is 44.7 Å². The number of fused-ring (bicyclic) bond motifs is 1. The summed E-state index contributed by atoms with van der Waals surface area (Å²) in [6, 6.07) is 8.28. The minimum absolute atomic E-state index is 0.0497. The number of allylic oxidation sites excluding steroid dienone is 2. The number of carbonyl (C=O) groups excluding carboxylic acids is 1. The zero-order valence-electron chi connectivity index (χ0n) is 34.0. The SMILES string of the molecule is Cn1nc(Nc2nnc(C3(O)CC3)o2)c2c(Cl)ccc(-c3ccc(C#CC(C)(C)SC4CC4)nc3C(Cc3cc(F)cc(F)c3)NC(=O)CNC3=C(C(=N)C(F)F)CCC3(F)F)c21. The molecule has 5 aromatic rings. The second-order valence-electron chi connectivity index (χ2n) is 16.3. The molecule has 3 aliphatic rings. The number of amides is 1. The highest BCUT2D eigenvalue weighted by atomic mass is 35.5. The van der Waals surface area contributed by atoms with Crippen LogP contribution < -0.4 is 16.0 Å². The molecule has 1 unspecified atom stereocenters. The Bertz CT molecular complexity index is 2720. The van der Waals surface area contributed by atoms with Gasteiger partial charge in [-0.25, -0.2) is 22.5 Å². The van der Waals surface area contributed by atoms with Crippen molar-refractivity contribution >= 4 is 57.7 Å². The smallest absolute Gasteiger partial charge is 0.321 e. The fraction of sp³-hybridized carbons (Fsp3) is 0.395. The summed E-state index contributed by atoms with van der Waals surface area (Å²) in [6.07, 6.45) is -1.76. The number of nitrogens with one attached hydrogen (secondary N) is 4. The van der Waals surface area contributed by atoms with E-state index in [9.17, 15) is 36.2 Å². The Morgan fingerprint density at radius 2 is 1.81 bits per heavy atom. The Morgan fingerprint density at radius 1 is 1.10 bits per heavy atom. The molecule has 1 atom stereocenters. The molecule has 12 nitrogen and oxygen atoms in total. The predicted molar refractivity (Wildman–Crippen MR) is 225 cm³/mol. The lowest BCUT2D eigenvalue weighted by Gasteiger charge is -2.23. The molecule has 5 N–H and O–H groups in total. The Balaban J connectivity index is 1.22. The molecular formula is C43H40ClF6N9O3S. The van der Waals surface area contributed by atoms with Gasteiger partial charge >= 0.3 is 6.01 Å². The van der Waals surface area contributed by atoms with E-state index in [4.69, 9.17) is 26.4 Å². The standard InChI is InChI=1S/C43H40ClF6N9O3S/c1-41(2,63-25-5-6-25)12-10-24-4-7-26(27-8-9-29(44)32-35(27)59(3)58-38(32)55-40-57-56-39(62-40)42(61)14-15-42)34(53-24)30(18-21-16-22(45)19-23(46)17-21)54-31(60)20-52-36-28(33(51)37(47)48)11-13-43(36,49)50/h4,7-9,16-17,19,25,30,37,51-52,61H,5-6,11,13-15,18,20H2,1-3H3,(H,54,60)(H,55,57,58). The number of aromatic nitrogens is 5. The van der Waals surface area contributed by atoms with E-state index in [1.165, 1.54) is 4.68 Å². The molecule has 3 aromatic heterocycles. The molecule has 63 heavy (non-hydrogen) atoms. The predicted octanol–water partition coefficient (Wildman–Crippen LogP) is 8.66. The first-order valence-corrected chi connectivity index (χ1v) is 21.2. The van der Waals surface area contributed by atoms with Crippen molar-refractivity contribution in [3.63, 3.8) is 0 Å². The number of halogens is 7. The lowest BCUT2D eigenvalue weighted by molar-refractivity contribution is -0.121. The summed E-state index contributed by atoms with van der Waals surface area (Å²) in [6.45, 7) is 3.15. The van der Waals surface area contributed by atoms with Crippen LogP contribution in [-0.2, 0) is 23.9 Å². The van der Waals surface area contributed by atoms with Gasteiger partial charge in [-0.2, -0.15) is 13.9 Å². The monoisotopic (exact) mass is 911 g/mol. The molecule has 0 bridgehead atoms. The van der Waals surface area contributed by atoms with Crippen molar-refractivity contribution in [2.75, 3.05) is 11.9 Å². The topological polar surface area (TPSA) is 167 Å². The number of aryl methyl sites for hydroxylation is 1. The van der Waals surface area contributed by atoms with Crippen molar-refractivity contribution in [3.05, 3.63) is 93.2 Å². The van der Waals surface area contributed by atoms with E-state index in [0.717, 1.165) is 25.0 Å². The fourth-order valence-electron chi connectivity index (χ4n) is 7.45. The Hall–Kier alpha value is -5.58. The number of benzene rings is 2. The largest absolute Gasteiger partial charge is 0.405 e. The average Bonchev–Trinajstić information content (AvgIpc) is 4.06. The van der Waals surface area contributed by atoms with E-state index in [1.807, 2.05) is 13.8 Å². The number of pyridine rings is 1. The van der Waals surface area contributed by atoms with E-state index < -0.39 is 82.6 Å². The maximum Gasteiger partial charge on any atom is 0.321 e. The van der Waals surface area contributed by atoms with Crippen LogP contribution in [0.3, 0.4) is 0 Å². The van der Waals surface area contributed by atoms with E-state index >= 15 is 0 Å². The van der Waals surface area contributed by atoms with Crippen LogP contribution in [0.15, 0.2) is 58.2 Å². The van der Waals surface area contributed by atoms with E-state index in [-0.39, 0.29) is 46.1 Å². The molecule has 2 aromatic carbocycles. The van der Waals surface area contributed by atoms with Gasteiger partial charge in [0.15, 0.2) is 5.82 Å². The highest BCUT2D eigenvalue weighted by Gasteiger charge is 2.48. The quantitative estimate of drug-likeness (QED) is 0.0390. The molecule has 330 valence electrons. The van der Waals surface area contributed by atoms with Crippen LogP contribution >= 0.6 is 23.4 Å². The zero-order chi connectivity index (χ0) is 45.0. The number of nitrogens with zero attached hydrogens (tertiary/aromatic N) is 5. The molecule has 3 heterocycles. The first-order chi connectivity index (χ1) is 29.8. The molecule has 0 radical (unpaired) electrons. The van der Waals surface area contributed by atoms with Gasteiger partial charge in [0, 0.05) is 41.5 Å². The summed E-state index contributed by atoms with van der Waals surface area (Å²) in [5.74, 6) is 0.397. The summed E-state index contributed by atoms with van der Waals surface area (Å²) >= 11 is 8.56. The van der Waals surface area contributed by atoms with Crippen LogP contribution in [0.5, 0.6) is 0 Å². The molecule has 0 saturated heterocycles. The lowest BCUT2D eigenvalue weighted by Crippen LogP contribution is -2.40. The van der Waals surface area contributed by atoms with Crippen molar-refractivity contribution < 1.29 is 40.7 Å². The highest BCUT2D eigenvalue weighted by Crippen LogP contribution is 2.46. The van der Waals surface area contributed by atoms with Gasteiger partial charge in [0.2, 0.25) is 11.8 Å². The molecular weight excluding hydrogens is 872 g/mol. The normalized spacial score (nSPS) is 17.1. The number of alkyl halides is 4. The first kappa shape index (κ1) is 44.0. The minimum atomic E-state index is -3.61. The van der Waals surface area contributed by atoms with Crippen molar-refractivity contribution in [1.29, 1.82) is 5.41 Å². The zero-order valence-corrected chi connectivity index (χ0v) is 35.6. The maximum absolute atomic E-state index is 15.0. The number of anilines is 2. The van der Waals surface area contributed by atoms with Crippen LogP contribution in [0.1, 0.15) is 81.3 Å². The Labute approximate surface area is 366 Å². The van der Waals surface area contributed by atoms with Gasteiger partial charge in [0.25, 0.3) is 12.3 Å². The Kier molecular flexibility index (Phi) is 11.8. The van der Waals surface area contributed by atoms with Crippen molar-refractivity contribution in [2.24, 2.45) is 7.05 Å². The number of thioether (sulfide) groups is 1. The van der Waals surface area contributed by atoms with Gasteiger partial charge in [-0.3, -0.25) is 20.2 Å². The molecule has 0 spiro atoms. The number of hydrogen-bond acceptors (Lipinski definition) is 11. The van der Waals surface area contributed by atoms with Crippen LogP contribution in [0.25, 0.3) is 22.0 Å². The molecule has 8 rings (SSSR count). The molecule has 2 saturated carbocycles. The summed E-state index contributed by atoms with van der Waals surface area (Å²) in [5, 5.41) is 40.0. The number of carbonyl (C=O) groups is 1. The molecule has 2 fully saturated rings. The summed E-state index contributed by atoms with van der Waals surface area (Å²) in [4.78, 5) is 18.8. The molecule has 20 heteroatoms. The third-order valence-electron chi connectivity index (χ3n) is 10.8.